The Balaban J connectivity index is 1.93. The molecule has 0 aromatic heterocycles. The molecule has 0 fully saturated rings. The van der Waals surface area contributed by atoms with Crippen molar-refractivity contribution in [3.8, 4) is 0 Å². The van der Waals surface area contributed by atoms with Crippen molar-refractivity contribution in [3.05, 3.63) is 71.8 Å². The van der Waals surface area contributed by atoms with Gasteiger partial charge in [0.05, 0.1) is 0 Å². The minimum absolute atomic E-state index is 0.0881. The van der Waals surface area contributed by atoms with Crippen LogP contribution in [0, 0.1) is 0 Å². The van der Waals surface area contributed by atoms with Crippen molar-refractivity contribution in [2.75, 3.05) is 6.54 Å². The van der Waals surface area contributed by atoms with Crippen LogP contribution < -0.4 is 0 Å². The summed E-state index contributed by atoms with van der Waals surface area (Å²) in [5, 5.41) is 8.70. The fourth-order valence-corrected chi connectivity index (χ4v) is 2.72. The summed E-state index contributed by atoms with van der Waals surface area (Å²) in [6.07, 6.45) is 2.49. The summed E-state index contributed by atoms with van der Waals surface area (Å²) in [5.41, 5.74) is 2.31. The topological polar surface area (TPSA) is 57.6 Å². The third-order valence-electron chi connectivity index (χ3n) is 4.11. The zero-order valence-electron chi connectivity index (χ0n) is 14.4. The van der Waals surface area contributed by atoms with Crippen LogP contribution in [-0.2, 0) is 22.6 Å². The highest BCUT2D eigenvalue weighted by Crippen LogP contribution is 2.11. The van der Waals surface area contributed by atoms with E-state index in [0.717, 1.165) is 12.0 Å². The van der Waals surface area contributed by atoms with Crippen molar-refractivity contribution in [2.24, 2.45) is 0 Å². The molecule has 0 atom stereocenters. The SMILES string of the molecule is O=C(O)CCCCC(=O)N(CCc1ccccc1)Cc1ccccc1. The third-order valence-corrected chi connectivity index (χ3v) is 4.11. The molecule has 4 nitrogen and oxygen atoms in total. The fraction of sp³-hybridized carbons (Fsp3) is 0.333. The summed E-state index contributed by atoms with van der Waals surface area (Å²) in [7, 11) is 0. The zero-order valence-corrected chi connectivity index (χ0v) is 14.4. The van der Waals surface area contributed by atoms with Crippen LogP contribution in [0.15, 0.2) is 60.7 Å². The van der Waals surface area contributed by atoms with Gasteiger partial charge in [0, 0.05) is 25.9 Å². The largest absolute Gasteiger partial charge is 0.481 e. The van der Waals surface area contributed by atoms with Gasteiger partial charge in [-0.2, -0.15) is 0 Å². The Bertz CT molecular complexity index is 655. The van der Waals surface area contributed by atoms with Crippen LogP contribution in [0.3, 0.4) is 0 Å². The van der Waals surface area contributed by atoms with Crippen molar-refractivity contribution in [2.45, 2.75) is 38.6 Å². The van der Waals surface area contributed by atoms with Crippen molar-refractivity contribution in [3.63, 3.8) is 0 Å². The lowest BCUT2D eigenvalue weighted by Gasteiger charge is -2.23. The van der Waals surface area contributed by atoms with E-state index in [1.54, 1.807) is 0 Å². The highest BCUT2D eigenvalue weighted by molar-refractivity contribution is 5.76. The van der Waals surface area contributed by atoms with Gasteiger partial charge in [-0.3, -0.25) is 9.59 Å². The molecule has 0 unspecified atom stereocenters. The monoisotopic (exact) mass is 339 g/mol. The lowest BCUT2D eigenvalue weighted by molar-refractivity contribution is -0.137. The highest BCUT2D eigenvalue weighted by Gasteiger charge is 2.14. The number of carbonyl (C=O) groups is 2. The van der Waals surface area contributed by atoms with Crippen molar-refractivity contribution in [1.82, 2.24) is 4.90 Å². The molecule has 0 aliphatic rings. The average molecular weight is 339 g/mol. The van der Waals surface area contributed by atoms with Crippen molar-refractivity contribution < 1.29 is 14.7 Å². The molecular formula is C21H25NO3. The third kappa shape index (κ3) is 7.21. The number of rotatable bonds is 10. The number of carboxylic acids is 1. The Labute approximate surface area is 149 Å². The van der Waals surface area contributed by atoms with Crippen LogP contribution in [0.5, 0.6) is 0 Å². The van der Waals surface area contributed by atoms with Gasteiger partial charge in [0.1, 0.15) is 0 Å². The Hall–Kier alpha value is -2.62. The van der Waals surface area contributed by atoms with E-state index in [1.165, 1.54) is 5.56 Å². The highest BCUT2D eigenvalue weighted by atomic mass is 16.4. The normalized spacial score (nSPS) is 10.4. The van der Waals surface area contributed by atoms with Crippen LogP contribution in [0.25, 0.3) is 0 Å². The molecule has 0 bridgehead atoms. The summed E-state index contributed by atoms with van der Waals surface area (Å²) >= 11 is 0. The Kier molecular flexibility index (Phi) is 7.70. The minimum atomic E-state index is -0.808. The number of benzene rings is 2. The first kappa shape index (κ1) is 18.7. The first-order valence-corrected chi connectivity index (χ1v) is 8.72. The van der Waals surface area contributed by atoms with Crippen LogP contribution in [0.1, 0.15) is 36.8 Å². The number of hydrogen-bond donors (Lipinski definition) is 1. The molecular weight excluding hydrogens is 314 g/mol. The molecule has 2 rings (SSSR count). The number of unbranched alkanes of at least 4 members (excludes halogenated alkanes) is 1. The van der Waals surface area contributed by atoms with Crippen LogP contribution in [0.4, 0.5) is 0 Å². The summed E-state index contributed by atoms with van der Waals surface area (Å²) in [5.74, 6) is -0.720. The standard InChI is InChI=1S/C21H25NO3/c23-20(13-7-8-14-21(24)25)22(17-19-11-5-2-6-12-19)16-15-18-9-3-1-4-10-18/h1-6,9-12H,7-8,13-17H2,(H,24,25). The lowest BCUT2D eigenvalue weighted by atomic mass is 10.1. The maximum Gasteiger partial charge on any atom is 0.303 e. The molecule has 0 heterocycles. The maximum atomic E-state index is 12.6. The molecule has 0 aliphatic heterocycles. The molecule has 132 valence electrons. The molecule has 0 saturated heterocycles. The van der Waals surface area contributed by atoms with E-state index in [2.05, 4.69) is 12.1 Å². The molecule has 25 heavy (non-hydrogen) atoms. The summed E-state index contributed by atoms with van der Waals surface area (Å²) in [6, 6.07) is 20.1. The van der Waals surface area contributed by atoms with Gasteiger partial charge >= 0.3 is 5.97 Å². The molecule has 2 aromatic rings. The molecule has 1 amide bonds. The van der Waals surface area contributed by atoms with E-state index in [-0.39, 0.29) is 12.3 Å². The van der Waals surface area contributed by atoms with Gasteiger partial charge < -0.3 is 10.0 Å². The van der Waals surface area contributed by atoms with E-state index in [4.69, 9.17) is 5.11 Å². The fourth-order valence-electron chi connectivity index (χ4n) is 2.72. The molecule has 1 N–H and O–H groups in total. The first-order chi connectivity index (χ1) is 12.1. The molecule has 0 saturated carbocycles. The van der Waals surface area contributed by atoms with Crippen LogP contribution in [0.2, 0.25) is 0 Å². The number of nitrogens with zero attached hydrogens (tertiary/aromatic N) is 1. The van der Waals surface area contributed by atoms with Gasteiger partial charge in [-0.1, -0.05) is 60.7 Å². The maximum absolute atomic E-state index is 12.6. The molecule has 0 aliphatic carbocycles. The van der Waals surface area contributed by atoms with Crippen LogP contribution >= 0.6 is 0 Å². The van der Waals surface area contributed by atoms with Crippen LogP contribution in [-0.4, -0.2) is 28.4 Å². The molecule has 2 aromatic carbocycles. The van der Waals surface area contributed by atoms with E-state index >= 15 is 0 Å². The zero-order chi connectivity index (χ0) is 17.9. The number of hydrogen-bond acceptors (Lipinski definition) is 2. The number of carboxylic acid groups (broad SMARTS) is 1. The number of aliphatic carboxylic acids is 1. The molecule has 4 heteroatoms. The van der Waals surface area contributed by atoms with E-state index < -0.39 is 5.97 Å². The Morgan fingerprint density at radius 1 is 0.800 bits per heavy atom. The summed E-state index contributed by atoms with van der Waals surface area (Å²) in [4.78, 5) is 25.1. The number of amides is 1. The smallest absolute Gasteiger partial charge is 0.303 e. The van der Waals surface area contributed by atoms with Gasteiger partial charge in [0.15, 0.2) is 0 Å². The summed E-state index contributed by atoms with van der Waals surface area (Å²) in [6.45, 7) is 1.25. The minimum Gasteiger partial charge on any atom is -0.481 e. The Morgan fingerprint density at radius 2 is 1.36 bits per heavy atom. The number of carbonyl (C=O) groups excluding carboxylic acids is 1. The van der Waals surface area contributed by atoms with Gasteiger partial charge in [-0.05, 0) is 30.4 Å². The van der Waals surface area contributed by atoms with Gasteiger partial charge in [-0.15, -0.1) is 0 Å². The van der Waals surface area contributed by atoms with E-state index in [1.807, 2.05) is 53.4 Å². The average Bonchev–Trinajstić information content (AvgIpc) is 2.63. The second kappa shape index (κ2) is 10.3. The summed E-state index contributed by atoms with van der Waals surface area (Å²) < 4.78 is 0. The quantitative estimate of drug-likeness (QED) is 0.668. The van der Waals surface area contributed by atoms with E-state index in [0.29, 0.717) is 32.4 Å². The Morgan fingerprint density at radius 3 is 1.96 bits per heavy atom. The van der Waals surface area contributed by atoms with Gasteiger partial charge in [-0.25, -0.2) is 0 Å². The van der Waals surface area contributed by atoms with Gasteiger partial charge in [0.25, 0.3) is 0 Å². The predicted molar refractivity (Wildman–Crippen MR) is 98.1 cm³/mol. The predicted octanol–water partition coefficient (Wildman–Crippen LogP) is 3.90. The first-order valence-electron chi connectivity index (χ1n) is 8.72. The second-order valence-electron chi connectivity index (χ2n) is 6.14. The molecule has 0 spiro atoms. The van der Waals surface area contributed by atoms with Gasteiger partial charge in [0.2, 0.25) is 5.91 Å². The lowest BCUT2D eigenvalue weighted by Crippen LogP contribution is -2.32. The van der Waals surface area contributed by atoms with Crippen molar-refractivity contribution >= 4 is 11.9 Å². The van der Waals surface area contributed by atoms with Crippen molar-refractivity contribution in [1.29, 1.82) is 0 Å². The second-order valence-corrected chi connectivity index (χ2v) is 6.14. The molecule has 0 radical (unpaired) electrons. The van der Waals surface area contributed by atoms with E-state index in [9.17, 15) is 9.59 Å².